The van der Waals surface area contributed by atoms with Crippen LogP contribution in [0.2, 0.25) is 5.02 Å². The standard InChI is InChI=1S/C22H27ClFN5O2/c1-13-8-14(2)10-28(9-13)12-18-25-20-19(21(30)27(4)22(31)26(20)3)29(18)11-15-16(23)6-5-7-17(15)24/h5-7,13-14H,8-12H2,1-4H3. The molecule has 31 heavy (non-hydrogen) atoms. The number of rotatable bonds is 4. The van der Waals surface area contributed by atoms with Crippen LogP contribution in [-0.4, -0.2) is 36.7 Å². The third-order valence-corrected chi connectivity index (χ3v) is 6.47. The Morgan fingerprint density at radius 3 is 2.42 bits per heavy atom. The summed E-state index contributed by atoms with van der Waals surface area (Å²) in [6, 6.07) is 4.52. The maximum atomic E-state index is 14.6. The van der Waals surface area contributed by atoms with Crippen molar-refractivity contribution in [2.45, 2.75) is 33.4 Å². The summed E-state index contributed by atoms with van der Waals surface area (Å²) in [7, 11) is 3.03. The minimum atomic E-state index is -0.454. The molecule has 1 fully saturated rings. The van der Waals surface area contributed by atoms with Crippen molar-refractivity contribution in [3.05, 3.63) is 61.3 Å². The summed E-state index contributed by atoms with van der Waals surface area (Å²) in [6.45, 7) is 6.86. The Bertz CT molecular complexity index is 1230. The number of aromatic nitrogens is 4. The average Bonchev–Trinajstić information content (AvgIpc) is 3.05. The van der Waals surface area contributed by atoms with Crippen LogP contribution in [0.1, 0.15) is 31.7 Å². The van der Waals surface area contributed by atoms with Crippen molar-refractivity contribution < 1.29 is 4.39 Å². The van der Waals surface area contributed by atoms with E-state index in [1.807, 2.05) is 0 Å². The third kappa shape index (κ3) is 3.94. The number of aryl methyl sites for hydroxylation is 1. The van der Waals surface area contributed by atoms with E-state index in [2.05, 4.69) is 23.7 Å². The van der Waals surface area contributed by atoms with Gasteiger partial charge in [-0.05, 0) is 30.4 Å². The highest BCUT2D eigenvalue weighted by Crippen LogP contribution is 2.25. The fourth-order valence-electron chi connectivity index (χ4n) is 4.75. The molecule has 0 amide bonds. The van der Waals surface area contributed by atoms with E-state index < -0.39 is 17.1 Å². The molecule has 0 aliphatic carbocycles. The second-order valence-electron chi connectivity index (χ2n) is 8.83. The third-order valence-electron chi connectivity index (χ3n) is 6.11. The fraction of sp³-hybridized carbons (Fsp3) is 0.500. The number of hydrogen-bond donors (Lipinski definition) is 0. The number of hydrogen-bond acceptors (Lipinski definition) is 4. The molecule has 4 rings (SSSR count). The first-order valence-electron chi connectivity index (χ1n) is 10.5. The molecule has 0 radical (unpaired) electrons. The van der Waals surface area contributed by atoms with Crippen molar-refractivity contribution in [2.75, 3.05) is 13.1 Å². The van der Waals surface area contributed by atoms with Crippen LogP contribution in [0.4, 0.5) is 4.39 Å². The number of imidazole rings is 1. The molecule has 2 unspecified atom stereocenters. The van der Waals surface area contributed by atoms with Gasteiger partial charge in [0.1, 0.15) is 11.6 Å². The largest absolute Gasteiger partial charge is 0.332 e. The first kappa shape index (κ1) is 21.8. The Morgan fingerprint density at radius 1 is 1.10 bits per heavy atom. The Morgan fingerprint density at radius 2 is 1.77 bits per heavy atom. The molecule has 2 aromatic heterocycles. The maximum Gasteiger partial charge on any atom is 0.332 e. The quantitative estimate of drug-likeness (QED) is 0.617. The van der Waals surface area contributed by atoms with E-state index in [0.29, 0.717) is 35.4 Å². The lowest BCUT2D eigenvalue weighted by Gasteiger charge is -2.34. The second kappa shape index (κ2) is 8.24. The predicted molar refractivity (Wildman–Crippen MR) is 119 cm³/mol. The Hall–Kier alpha value is -2.45. The van der Waals surface area contributed by atoms with Gasteiger partial charge in [0.25, 0.3) is 5.56 Å². The first-order chi connectivity index (χ1) is 14.7. The van der Waals surface area contributed by atoms with Gasteiger partial charge in [0.15, 0.2) is 11.2 Å². The molecule has 9 heteroatoms. The van der Waals surface area contributed by atoms with Gasteiger partial charge in [0, 0.05) is 37.8 Å². The van der Waals surface area contributed by atoms with Crippen LogP contribution in [0.25, 0.3) is 11.2 Å². The lowest BCUT2D eigenvalue weighted by molar-refractivity contribution is 0.130. The Labute approximate surface area is 184 Å². The molecule has 7 nitrogen and oxygen atoms in total. The highest BCUT2D eigenvalue weighted by atomic mass is 35.5. The molecule has 1 aliphatic heterocycles. The highest BCUT2D eigenvalue weighted by molar-refractivity contribution is 6.31. The number of piperidine rings is 1. The lowest BCUT2D eigenvalue weighted by Crippen LogP contribution is -2.39. The second-order valence-corrected chi connectivity index (χ2v) is 9.24. The summed E-state index contributed by atoms with van der Waals surface area (Å²) >= 11 is 6.28. The van der Waals surface area contributed by atoms with Crippen LogP contribution in [-0.2, 0) is 27.2 Å². The van der Waals surface area contributed by atoms with Gasteiger partial charge in [-0.15, -0.1) is 0 Å². The van der Waals surface area contributed by atoms with E-state index in [0.717, 1.165) is 17.7 Å². The fourth-order valence-corrected chi connectivity index (χ4v) is 4.97. The summed E-state index contributed by atoms with van der Waals surface area (Å²) in [5.74, 6) is 1.29. The molecule has 0 N–H and O–H groups in total. The normalized spacial score (nSPS) is 19.9. The molecule has 1 aromatic carbocycles. The van der Waals surface area contributed by atoms with Crippen LogP contribution in [0.5, 0.6) is 0 Å². The first-order valence-corrected chi connectivity index (χ1v) is 10.9. The Balaban J connectivity index is 1.89. The molecule has 0 saturated carbocycles. The highest BCUT2D eigenvalue weighted by Gasteiger charge is 2.26. The van der Waals surface area contributed by atoms with Crippen molar-refractivity contribution in [1.29, 1.82) is 0 Å². The molecule has 166 valence electrons. The van der Waals surface area contributed by atoms with Gasteiger partial charge in [0.05, 0.1) is 13.1 Å². The number of benzene rings is 1. The van der Waals surface area contributed by atoms with Crippen LogP contribution in [0, 0.1) is 17.7 Å². The summed E-state index contributed by atoms with van der Waals surface area (Å²) in [6.07, 6.45) is 1.17. The van der Waals surface area contributed by atoms with E-state index in [9.17, 15) is 14.0 Å². The molecule has 2 atom stereocenters. The van der Waals surface area contributed by atoms with Crippen molar-refractivity contribution in [3.8, 4) is 0 Å². The van der Waals surface area contributed by atoms with Crippen molar-refractivity contribution >= 4 is 22.8 Å². The van der Waals surface area contributed by atoms with Crippen LogP contribution < -0.4 is 11.2 Å². The van der Waals surface area contributed by atoms with Gasteiger partial charge >= 0.3 is 5.69 Å². The zero-order valence-electron chi connectivity index (χ0n) is 18.2. The van der Waals surface area contributed by atoms with Gasteiger partial charge in [-0.1, -0.05) is 31.5 Å². The number of fused-ring (bicyclic) bond motifs is 1. The van der Waals surface area contributed by atoms with E-state index in [4.69, 9.17) is 11.6 Å². The molecule has 1 aliphatic rings. The summed E-state index contributed by atoms with van der Waals surface area (Å²) in [5.41, 5.74) is -0.0331. The van der Waals surface area contributed by atoms with Gasteiger partial charge in [-0.3, -0.25) is 18.8 Å². The number of nitrogens with zero attached hydrogens (tertiary/aromatic N) is 5. The molecule has 3 aromatic rings. The van der Waals surface area contributed by atoms with Gasteiger partial charge in [-0.2, -0.15) is 0 Å². The maximum absolute atomic E-state index is 14.6. The minimum absolute atomic E-state index is 0.0593. The van der Waals surface area contributed by atoms with E-state index in [-0.39, 0.29) is 17.1 Å². The monoisotopic (exact) mass is 447 g/mol. The molecule has 0 bridgehead atoms. The zero-order chi connectivity index (χ0) is 22.4. The summed E-state index contributed by atoms with van der Waals surface area (Å²) < 4.78 is 18.7. The average molecular weight is 448 g/mol. The number of halogens is 2. The SMILES string of the molecule is CC1CC(C)CN(Cc2nc3c(c(=O)n(C)c(=O)n3C)n2Cc2c(F)cccc2Cl)C1. The number of likely N-dealkylation sites (tertiary alicyclic amines) is 1. The predicted octanol–water partition coefficient (Wildman–Crippen LogP) is 2.75. The Kier molecular flexibility index (Phi) is 5.79. The van der Waals surface area contributed by atoms with E-state index >= 15 is 0 Å². The van der Waals surface area contributed by atoms with Crippen LogP contribution in [0.15, 0.2) is 27.8 Å². The van der Waals surface area contributed by atoms with Gasteiger partial charge in [-0.25, -0.2) is 14.2 Å². The van der Waals surface area contributed by atoms with Gasteiger partial charge < -0.3 is 4.57 Å². The smallest absolute Gasteiger partial charge is 0.316 e. The lowest BCUT2D eigenvalue weighted by atomic mass is 9.92. The molecule has 3 heterocycles. The van der Waals surface area contributed by atoms with Crippen molar-refractivity contribution in [2.24, 2.45) is 25.9 Å². The molecular weight excluding hydrogens is 421 g/mol. The minimum Gasteiger partial charge on any atom is -0.316 e. The molecule has 1 saturated heterocycles. The van der Waals surface area contributed by atoms with E-state index in [1.165, 1.54) is 24.1 Å². The van der Waals surface area contributed by atoms with Crippen LogP contribution >= 0.6 is 11.6 Å². The topological polar surface area (TPSA) is 65.1 Å². The summed E-state index contributed by atoms with van der Waals surface area (Å²) in [4.78, 5) is 32.5. The van der Waals surface area contributed by atoms with Crippen molar-refractivity contribution in [3.63, 3.8) is 0 Å². The molecule has 0 spiro atoms. The van der Waals surface area contributed by atoms with E-state index in [1.54, 1.807) is 23.7 Å². The van der Waals surface area contributed by atoms with Crippen LogP contribution in [0.3, 0.4) is 0 Å². The van der Waals surface area contributed by atoms with Crippen molar-refractivity contribution in [1.82, 2.24) is 23.6 Å². The summed E-state index contributed by atoms with van der Waals surface area (Å²) in [5, 5.41) is 0.287. The zero-order valence-corrected chi connectivity index (χ0v) is 19.0. The molecular formula is C22H27ClFN5O2. The van der Waals surface area contributed by atoms with Gasteiger partial charge in [0.2, 0.25) is 0 Å².